The fraction of sp³-hybridized carbons (Fsp3) is 0.269. The highest BCUT2D eigenvalue weighted by Crippen LogP contribution is 2.26. The molecule has 1 fully saturated rings. The van der Waals surface area contributed by atoms with Gasteiger partial charge in [-0.3, -0.25) is 14.2 Å². The minimum atomic E-state index is -0.921. The number of furan rings is 1. The molecule has 4 aromatic rings. The van der Waals surface area contributed by atoms with Crippen molar-refractivity contribution in [3.05, 3.63) is 89.1 Å². The number of aromatic nitrogens is 2. The van der Waals surface area contributed by atoms with Crippen molar-refractivity contribution in [2.75, 3.05) is 0 Å². The number of nitrogens with zero attached hydrogens (tertiary/aromatic N) is 2. The van der Waals surface area contributed by atoms with E-state index in [1.54, 1.807) is 12.1 Å². The molecule has 2 aromatic heterocycles. The summed E-state index contributed by atoms with van der Waals surface area (Å²) in [6.45, 7) is 0. The Kier molecular flexibility index (Phi) is 5.58. The molecule has 162 valence electrons. The highest BCUT2D eigenvalue weighted by molar-refractivity contribution is 5.87. The van der Waals surface area contributed by atoms with E-state index in [0.717, 1.165) is 25.7 Å². The lowest BCUT2D eigenvalue weighted by Gasteiger charge is -2.26. The van der Waals surface area contributed by atoms with Gasteiger partial charge < -0.3 is 9.73 Å². The molecule has 1 N–H and O–H groups in total. The molecule has 2 heterocycles. The second-order valence-electron chi connectivity index (χ2n) is 8.25. The van der Waals surface area contributed by atoms with Crippen LogP contribution in [0, 0.1) is 0 Å². The second-order valence-corrected chi connectivity index (χ2v) is 8.25. The van der Waals surface area contributed by atoms with Crippen LogP contribution in [0.2, 0.25) is 0 Å². The maximum absolute atomic E-state index is 13.8. The molecule has 1 aliphatic carbocycles. The fourth-order valence-corrected chi connectivity index (χ4v) is 4.54. The summed E-state index contributed by atoms with van der Waals surface area (Å²) in [7, 11) is 0. The third-order valence-corrected chi connectivity index (χ3v) is 6.11. The van der Waals surface area contributed by atoms with Crippen LogP contribution < -0.4 is 10.9 Å². The van der Waals surface area contributed by atoms with Gasteiger partial charge in [0.2, 0.25) is 0 Å². The Balaban J connectivity index is 1.69. The lowest BCUT2D eigenvalue weighted by atomic mass is 9.95. The molecule has 32 heavy (non-hydrogen) atoms. The van der Waals surface area contributed by atoms with Crippen molar-refractivity contribution in [3.8, 4) is 11.3 Å². The number of rotatable bonds is 5. The normalized spacial score (nSPS) is 15.5. The maximum atomic E-state index is 13.8. The van der Waals surface area contributed by atoms with Gasteiger partial charge in [-0.1, -0.05) is 61.7 Å². The molecule has 1 saturated carbocycles. The average molecular weight is 428 g/mol. The lowest BCUT2D eigenvalue weighted by molar-refractivity contribution is -0.124. The monoisotopic (exact) mass is 427 g/mol. The van der Waals surface area contributed by atoms with E-state index >= 15 is 0 Å². The molecule has 1 atom stereocenters. The third-order valence-electron chi connectivity index (χ3n) is 6.11. The van der Waals surface area contributed by atoms with Crippen molar-refractivity contribution in [2.24, 2.45) is 0 Å². The van der Waals surface area contributed by atoms with Crippen LogP contribution in [0.1, 0.15) is 43.9 Å². The van der Waals surface area contributed by atoms with Crippen molar-refractivity contribution >= 4 is 16.9 Å². The molecule has 5 rings (SSSR count). The van der Waals surface area contributed by atoms with Gasteiger partial charge in [-0.2, -0.15) is 0 Å². The predicted molar refractivity (Wildman–Crippen MR) is 123 cm³/mol. The number of fused-ring (bicyclic) bond motifs is 1. The largest absolute Gasteiger partial charge is 0.467 e. The van der Waals surface area contributed by atoms with Gasteiger partial charge in [-0.05, 0) is 37.1 Å². The number of carbonyl (C=O) groups is 1. The minimum Gasteiger partial charge on any atom is -0.467 e. The maximum Gasteiger partial charge on any atom is 0.278 e. The Morgan fingerprint density at radius 3 is 2.47 bits per heavy atom. The summed E-state index contributed by atoms with van der Waals surface area (Å²) in [5.74, 6) is 0.195. The quantitative estimate of drug-likeness (QED) is 0.501. The van der Waals surface area contributed by atoms with Gasteiger partial charge in [0.1, 0.15) is 11.5 Å². The molecule has 0 aliphatic heterocycles. The Bertz CT molecular complexity index is 1270. The highest BCUT2D eigenvalue weighted by Gasteiger charge is 2.31. The van der Waals surface area contributed by atoms with Gasteiger partial charge in [-0.15, -0.1) is 0 Å². The Labute approximate surface area is 185 Å². The van der Waals surface area contributed by atoms with Crippen LogP contribution in [-0.2, 0) is 4.79 Å². The van der Waals surface area contributed by atoms with E-state index in [2.05, 4.69) is 10.3 Å². The van der Waals surface area contributed by atoms with Crippen LogP contribution >= 0.6 is 0 Å². The van der Waals surface area contributed by atoms with Gasteiger partial charge in [0.15, 0.2) is 6.04 Å². The molecule has 1 amide bonds. The SMILES string of the molecule is O=C(NC1CCCCC1)C(c1ccco1)n1c(=O)c(-c2ccccc2)nc2ccccc21. The summed E-state index contributed by atoms with van der Waals surface area (Å²) in [5.41, 5.74) is 1.94. The van der Waals surface area contributed by atoms with Crippen LogP contribution in [0.15, 0.2) is 82.2 Å². The molecule has 6 heteroatoms. The fourth-order valence-electron chi connectivity index (χ4n) is 4.54. The van der Waals surface area contributed by atoms with Crippen molar-refractivity contribution in [3.63, 3.8) is 0 Å². The van der Waals surface area contributed by atoms with Crippen LogP contribution in [0.4, 0.5) is 0 Å². The Morgan fingerprint density at radius 2 is 1.72 bits per heavy atom. The van der Waals surface area contributed by atoms with E-state index in [9.17, 15) is 9.59 Å². The van der Waals surface area contributed by atoms with E-state index in [1.807, 2.05) is 54.6 Å². The number of para-hydroxylation sites is 2. The predicted octanol–water partition coefficient (Wildman–Crippen LogP) is 4.69. The summed E-state index contributed by atoms with van der Waals surface area (Å²) in [4.78, 5) is 32.0. The van der Waals surface area contributed by atoms with Crippen LogP contribution in [0.3, 0.4) is 0 Å². The zero-order valence-electron chi connectivity index (χ0n) is 17.7. The summed E-state index contributed by atoms with van der Waals surface area (Å²) in [6, 6.07) is 19.4. The van der Waals surface area contributed by atoms with Crippen LogP contribution in [0.25, 0.3) is 22.3 Å². The minimum absolute atomic E-state index is 0.117. The number of hydrogen-bond acceptors (Lipinski definition) is 4. The molecular formula is C26H25N3O3. The van der Waals surface area contributed by atoms with Crippen molar-refractivity contribution in [1.29, 1.82) is 0 Å². The van der Waals surface area contributed by atoms with Gasteiger partial charge in [0.05, 0.1) is 17.3 Å². The van der Waals surface area contributed by atoms with E-state index in [-0.39, 0.29) is 17.5 Å². The van der Waals surface area contributed by atoms with Crippen molar-refractivity contribution < 1.29 is 9.21 Å². The highest BCUT2D eigenvalue weighted by atomic mass is 16.3. The first-order valence-electron chi connectivity index (χ1n) is 11.1. The molecular weight excluding hydrogens is 402 g/mol. The lowest BCUT2D eigenvalue weighted by Crippen LogP contribution is -2.43. The van der Waals surface area contributed by atoms with Gasteiger partial charge >= 0.3 is 0 Å². The van der Waals surface area contributed by atoms with E-state index in [4.69, 9.17) is 4.42 Å². The molecule has 1 aliphatic rings. The first-order valence-corrected chi connectivity index (χ1v) is 11.1. The van der Waals surface area contributed by atoms with Crippen molar-refractivity contribution in [2.45, 2.75) is 44.2 Å². The molecule has 6 nitrogen and oxygen atoms in total. The van der Waals surface area contributed by atoms with Gasteiger partial charge in [0, 0.05) is 11.6 Å². The zero-order chi connectivity index (χ0) is 21.9. The topological polar surface area (TPSA) is 77.1 Å². The third kappa shape index (κ3) is 3.84. The summed E-state index contributed by atoms with van der Waals surface area (Å²) in [6.07, 6.45) is 6.85. The second kappa shape index (κ2) is 8.83. The van der Waals surface area contributed by atoms with Crippen LogP contribution in [0.5, 0.6) is 0 Å². The number of benzene rings is 2. The smallest absolute Gasteiger partial charge is 0.278 e. The summed E-state index contributed by atoms with van der Waals surface area (Å²) < 4.78 is 7.20. The number of nitrogens with one attached hydrogen (secondary N) is 1. The Hall–Kier alpha value is -3.67. The van der Waals surface area contributed by atoms with E-state index < -0.39 is 6.04 Å². The van der Waals surface area contributed by atoms with Crippen LogP contribution in [-0.4, -0.2) is 21.5 Å². The molecule has 0 spiro atoms. The summed E-state index contributed by atoms with van der Waals surface area (Å²) >= 11 is 0. The van der Waals surface area contributed by atoms with Gasteiger partial charge in [0.25, 0.3) is 11.5 Å². The first-order chi connectivity index (χ1) is 15.7. The number of carbonyl (C=O) groups excluding carboxylic acids is 1. The van der Waals surface area contributed by atoms with E-state index in [0.29, 0.717) is 28.1 Å². The van der Waals surface area contributed by atoms with Crippen molar-refractivity contribution in [1.82, 2.24) is 14.9 Å². The van der Waals surface area contributed by atoms with Gasteiger partial charge in [-0.25, -0.2) is 4.98 Å². The average Bonchev–Trinajstić information content (AvgIpc) is 3.36. The molecule has 0 saturated heterocycles. The Morgan fingerprint density at radius 1 is 0.969 bits per heavy atom. The standard InChI is InChI=1S/C26H25N3O3/c30-25(27-19-12-5-2-6-13-19)24(22-16-9-17-32-22)29-21-15-8-7-14-20(21)28-23(26(29)31)18-10-3-1-4-11-18/h1,3-4,7-11,14-17,19,24H,2,5-6,12-13H2,(H,27,30). The molecule has 0 bridgehead atoms. The summed E-state index contributed by atoms with van der Waals surface area (Å²) in [5, 5.41) is 3.18. The molecule has 0 radical (unpaired) electrons. The number of amides is 1. The van der Waals surface area contributed by atoms with E-state index in [1.165, 1.54) is 17.3 Å². The molecule has 1 unspecified atom stereocenters. The zero-order valence-corrected chi connectivity index (χ0v) is 17.7. The molecule has 2 aromatic carbocycles. The number of hydrogen-bond donors (Lipinski definition) is 1. The first kappa shape index (κ1) is 20.2.